The molecule has 0 aliphatic rings. The summed E-state index contributed by atoms with van der Waals surface area (Å²) in [5.74, 6) is 0.740. The highest BCUT2D eigenvalue weighted by Gasteiger charge is 2.15. The second kappa shape index (κ2) is 7.88. The van der Waals surface area contributed by atoms with Crippen LogP contribution >= 0.6 is 0 Å². The van der Waals surface area contributed by atoms with Gasteiger partial charge in [0.15, 0.2) is 11.5 Å². The molecule has 0 spiro atoms. The lowest BCUT2D eigenvalue weighted by Crippen LogP contribution is -2.35. The van der Waals surface area contributed by atoms with Gasteiger partial charge in [-0.1, -0.05) is 44.2 Å². The summed E-state index contributed by atoms with van der Waals surface area (Å²) in [6, 6.07) is 9.81. The number of carbonyl (C=O) groups excluding carboxylic acids is 1. The predicted molar refractivity (Wildman–Crippen MR) is 97.9 cm³/mol. The molecular weight excluding hydrogens is 314 g/mol. The van der Waals surface area contributed by atoms with Crippen molar-refractivity contribution in [3.8, 4) is 11.4 Å². The van der Waals surface area contributed by atoms with Crippen LogP contribution < -0.4 is 0 Å². The van der Waals surface area contributed by atoms with Crippen molar-refractivity contribution in [1.82, 2.24) is 24.4 Å². The summed E-state index contributed by atoms with van der Waals surface area (Å²) in [6.45, 7) is 5.98. The van der Waals surface area contributed by atoms with E-state index in [9.17, 15) is 4.79 Å². The van der Waals surface area contributed by atoms with Crippen LogP contribution in [-0.4, -0.2) is 43.4 Å². The first-order valence-electron chi connectivity index (χ1n) is 8.74. The molecule has 0 atom stereocenters. The Morgan fingerprint density at radius 1 is 1.08 bits per heavy atom. The average Bonchev–Trinajstić information content (AvgIpc) is 3.04. The smallest absolute Gasteiger partial charge is 0.242 e. The van der Waals surface area contributed by atoms with Gasteiger partial charge in [0.25, 0.3) is 0 Å². The van der Waals surface area contributed by atoms with Crippen molar-refractivity contribution in [3.63, 3.8) is 0 Å². The quantitative estimate of drug-likeness (QED) is 0.664. The zero-order chi connectivity index (χ0) is 17.6. The van der Waals surface area contributed by atoms with Gasteiger partial charge < -0.3 is 9.47 Å². The van der Waals surface area contributed by atoms with E-state index < -0.39 is 0 Å². The Kier molecular flexibility index (Phi) is 5.38. The number of aromatic nitrogens is 4. The summed E-state index contributed by atoms with van der Waals surface area (Å²) in [5, 5.41) is 0. The Hall–Kier alpha value is -2.76. The highest BCUT2D eigenvalue weighted by molar-refractivity contribution is 5.79. The van der Waals surface area contributed by atoms with Gasteiger partial charge in [-0.15, -0.1) is 0 Å². The van der Waals surface area contributed by atoms with Gasteiger partial charge in [-0.2, -0.15) is 0 Å². The molecule has 0 unspecified atom stereocenters. The fraction of sp³-hybridized carbons (Fsp3) is 0.368. The normalized spacial score (nSPS) is 11.0. The average molecular weight is 337 g/mol. The zero-order valence-electron chi connectivity index (χ0n) is 14.7. The van der Waals surface area contributed by atoms with Gasteiger partial charge in [0.1, 0.15) is 12.1 Å². The van der Waals surface area contributed by atoms with Crippen LogP contribution in [0.5, 0.6) is 0 Å². The minimum Gasteiger partial charge on any atom is -0.341 e. The first-order valence-corrected chi connectivity index (χ1v) is 8.74. The van der Waals surface area contributed by atoms with Crippen LogP contribution in [0.2, 0.25) is 0 Å². The highest BCUT2D eigenvalue weighted by Crippen LogP contribution is 2.17. The third-order valence-electron chi connectivity index (χ3n) is 4.04. The number of amides is 1. The first-order chi connectivity index (χ1) is 12.2. The topological polar surface area (TPSA) is 63.9 Å². The maximum absolute atomic E-state index is 12.6. The number of hydrogen-bond donors (Lipinski definition) is 0. The lowest BCUT2D eigenvalue weighted by Gasteiger charge is -2.21. The molecule has 25 heavy (non-hydrogen) atoms. The minimum absolute atomic E-state index is 0.0999. The van der Waals surface area contributed by atoms with Crippen LogP contribution in [0.3, 0.4) is 0 Å². The lowest BCUT2D eigenvalue weighted by atomic mass is 10.2. The van der Waals surface area contributed by atoms with Gasteiger partial charge in [-0.25, -0.2) is 15.0 Å². The maximum Gasteiger partial charge on any atom is 0.242 e. The molecule has 3 aromatic rings. The van der Waals surface area contributed by atoms with Crippen molar-refractivity contribution in [2.45, 2.75) is 33.2 Å². The van der Waals surface area contributed by atoms with Crippen molar-refractivity contribution in [2.75, 3.05) is 13.1 Å². The molecule has 0 bridgehead atoms. The third kappa shape index (κ3) is 3.84. The van der Waals surface area contributed by atoms with E-state index in [-0.39, 0.29) is 12.5 Å². The number of carbonyl (C=O) groups is 1. The summed E-state index contributed by atoms with van der Waals surface area (Å²) < 4.78 is 1.81. The largest absolute Gasteiger partial charge is 0.341 e. The molecular formula is C19H23N5O. The number of fused-ring (bicyclic) bond motifs is 1. The summed E-state index contributed by atoms with van der Waals surface area (Å²) in [6.07, 6.45) is 5.29. The number of imidazole rings is 1. The van der Waals surface area contributed by atoms with Crippen molar-refractivity contribution >= 4 is 17.1 Å². The highest BCUT2D eigenvalue weighted by atomic mass is 16.2. The molecule has 0 saturated carbocycles. The van der Waals surface area contributed by atoms with E-state index in [4.69, 9.17) is 0 Å². The molecule has 3 rings (SSSR count). The fourth-order valence-corrected chi connectivity index (χ4v) is 2.84. The van der Waals surface area contributed by atoms with Crippen molar-refractivity contribution in [1.29, 1.82) is 0 Å². The molecule has 6 heteroatoms. The molecule has 1 aromatic carbocycles. The number of hydrogen-bond acceptors (Lipinski definition) is 4. The van der Waals surface area contributed by atoms with Crippen molar-refractivity contribution in [3.05, 3.63) is 42.9 Å². The molecule has 6 nitrogen and oxygen atoms in total. The molecule has 0 fully saturated rings. The maximum atomic E-state index is 12.6. The first kappa shape index (κ1) is 17.1. The van der Waals surface area contributed by atoms with Gasteiger partial charge in [0, 0.05) is 18.7 Å². The van der Waals surface area contributed by atoms with Crippen molar-refractivity contribution in [2.24, 2.45) is 0 Å². The predicted octanol–water partition coefficient (Wildman–Crippen LogP) is 3.14. The van der Waals surface area contributed by atoms with E-state index in [1.807, 2.05) is 39.8 Å². The summed E-state index contributed by atoms with van der Waals surface area (Å²) in [4.78, 5) is 27.9. The van der Waals surface area contributed by atoms with E-state index >= 15 is 0 Å². The van der Waals surface area contributed by atoms with Crippen LogP contribution in [-0.2, 0) is 11.3 Å². The number of benzene rings is 1. The summed E-state index contributed by atoms with van der Waals surface area (Å²) >= 11 is 0. The molecule has 2 aromatic heterocycles. The molecule has 2 heterocycles. The lowest BCUT2D eigenvalue weighted by molar-refractivity contribution is -0.131. The van der Waals surface area contributed by atoms with Crippen LogP contribution in [0.15, 0.2) is 42.9 Å². The second-order valence-electron chi connectivity index (χ2n) is 6.02. The van der Waals surface area contributed by atoms with Gasteiger partial charge in [-0.05, 0) is 12.8 Å². The summed E-state index contributed by atoms with van der Waals surface area (Å²) in [5.41, 5.74) is 2.34. The monoisotopic (exact) mass is 337 g/mol. The van der Waals surface area contributed by atoms with Crippen molar-refractivity contribution < 1.29 is 4.79 Å². The zero-order valence-corrected chi connectivity index (χ0v) is 14.7. The molecule has 0 radical (unpaired) electrons. The van der Waals surface area contributed by atoms with Gasteiger partial charge in [0.05, 0.1) is 12.5 Å². The molecule has 1 amide bonds. The molecule has 0 saturated heterocycles. The second-order valence-corrected chi connectivity index (χ2v) is 6.02. The Labute approximate surface area is 147 Å². The van der Waals surface area contributed by atoms with Gasteiger partial charge >= 0.3 is 0 Å². The Balaban J connectivity index is 1.88. The van der Waals surface area contributed by atoms with Gasteiger partial charge in [0.2, 0.25) is 5.91 Å². The van der Waals surface area contributed by atoms with Gasteiger partial charge in [-0.3, -0.25) is 4.79 Å². The molecule has 130 valence electrons. The number of rotatable bonds is 7. The van der Waals surface area contributed by atoms with E-state index in [0.29, 0.717) is 17.0 Å². The van der Waals surface area contributed by atoms with Crippen LogP contribution in [0.25, 0.3) is 22.6 Å². The number of nitrogens with zero attached hydrogens (tertiary/aromatic N) is 5. The Morgan fingerprint density at radius 2 is 1.80 bits per heavy atom. The van der Waals surface area contributed by atoms with E-state index in [2.05, 4.69) is 28.8 Å². The fourth-order valence-electron chi connectivity index (χ4n) is 2.84. The van der Waals surface area contributed by atoms with Crippen LogP contribution in [0.1, 0.15) is 26.7 Å². The summed E-state index contributed by atoms with van der Waals surface area (Å²) in [7, 11) is 0. The third-order valence-corrected chi connectivity index (χ3v) is 4.04. The Morgan fingerprint density at radius 3 is 2.48 bits per heavy atom. The molecule has 0 N–H and O–H groups in total. The standard InChI is InChI=1S/C19H23N5O/c1-3-10-23(11-4-2)17(25)13-24-14-21-16-12-20-18(22-19(16)24)15-8-6-5-7-9-15/h5-9,12,14H,3-4,10-11,13H2,1-2H3. The molecule has 0 aliphatic carbocycles. The molecule has 0 aliphatic heterocycles. The minimum atomic E-state index is 0.0999. The Bertz CT molecular complexity index is 837. The van der Waals surface area contributed by atoms with Crippen LogP contribution in [0.4, 0.5) is 0 Å². The van der Waals surface area contributed by atoms with E-state index in [1.54, 1.807) is 12.5 Å². The van der Waals surface area contributed by atoms with Crippen LogP contribution in [0, 0.1) is 0 Å². The van der Waals surface area contributed by atoms with E-state index in [1.165, 1.54) is 0 Å². The SMILES string of the molecule is CCCN(CCC)C(=O)Cn1cnc2cnc(-c3ccccc3)nc21. The van der Waals surface area contributed by atoms with E-state index in [0.717, 1.165) is 31.5 Å².